The molecule has 13 heavy (non-hydrogen) atoms. The average Bonchev–Trinajstić information content (AvgIpc) is 2.10. The van der Waals surface area contributed by atoms with Crippen LogP contribution in [0.25, 0.3) is 0 Å². The molecule has 0 saturated carbocycles. The van der Waals surface area contributed by atoms with E-state index in [4.69, 9.17) is 5.11 Å². The summed E-state index contributed by atoms with van der Waals surface area (Å²) < 4.78 is 4.53. The number of esters is 1. The Hall–Kier alpha value is -1.30. The molecule has 0 spiro atoms. The van der Waals surface area contributed by atoms with Crippen LogP contribution < -0.4 is 5.56 Å². The van der Waals surface area contributed by atoms with Crippen LogP contribution in [0, 0.1) is 0 Å². The lowest BCUT2D eigenvalue weighted by atomic mass is 10.3. The van der Waals surface area contributed by atoms with Gasteiger partial charge >= 0.3 is 5.97 Å². The number of carbonyl (C=O) groups excluding carboxylic acids is 1. The van der Waals surface area contributed by atoms with Gasteiger partial charge in [0.15, 0.2) is 0 Å². The molecule has 1 aromatic rings. The molecule has 0 aliphatic rings. The molecule has 0 aromatic carbocycles. The molecule has 0 saturated heterocycles. The van der Waals surface area contributed by atoms with Crippen LogP contribution in [0.2, 0.25) is 0 Å². The maximum absolute atomic E-state index is 11.0. The fraction of sp³-hybridized carbons (Fsp3) is 0.143. The maximum Gasteiger partial charge on any atom is 0.343 e. The van der Waals surface area contributed by atoms with Crippen molar-refractivity contribution in [2.24, 2.45) is 0 Å². The van der Waals surface area contributed by atoms with Crippen molar-refractivity contribution < 1.29 is 14.6 Å². The van der Waals surface area contributed by atoms with E-state index in [1.165, 1.54) is 13.2 Å². The van der Waals surface area contributed by atoms with Gasteiger partial charge in [-0.1, -0.05) is 0 Å². The number of nitrogens with one attached hydrogen (secondary N) is 1. The topological polar surface area (TPSA) is 79.4 Å². The van der Waals surface area contributed by atoms with E-state index in [1.807, 2.05) is 0 Å². The second-order valence-corrected chi connectivity index (χ2v) is 3.05. The first kappa shape index (κ1) is 9.79. The molecule has 1 heterocycles. The van der Waals surface area contributed by atoms with Crippen LogP contribution in [0.4, 0.5) is 0 Å². The van der Waals surface area contributed by atoms with Crippen molar-refractivity contribution in [3.05, 3.63) is 26.5 Å². The third-order valence-corrected chi connectivity index (χ3v) is 1.97. The van der Waals surface area contributed by atoms with Gasteiger partial charge < -0.3 is 9.84 Å². The Bertz CT molecular complexity index is 398. The summed E-state index contributed by atoms with van der Waals surface area (Å²) in [6, 6.07) is 1.19. The van der Waals surface area contributed by atoms with Crippen LogP contribution in [0.1, 0.15) is 10.4 Å². The van der Waals surface area contributed by atoms with Crippen molar-refractivity contribution >= 4 is 21.9 Å². The van der Waals surface area contributed by atoms with E-state index in [9.17, 15) is 9.59 Å². The zero-order valence-corrected chi connectivity index (χ0v) is 8.21. The molecule has 0 aliphatic carbocycles. The van der Waals surface area contributed by atoms with E-state index in [1.54, 1.807) is 0 Å². The minimum atomic E-state index is -0.713. The van der Waals surface area contributed by atoms with Crippen LogP contribution in [0.3, 0.4) is 0 Å². The van der Waals surface area contributed by atoms with E-state index in [2.05, 4.69) is 25.7 Å². The molecule has 0 radical (unpaired) electrons. The molecule has 0 bridgehead atoms. The first-order valence-electron chi connectivity index (χ1n) is 3.26. The first-order valence-corrected chi connectivity index (χ1v) is 4.05. The number of aromatic amines is 1. The van der Waals surface area contributed by atoms with Crippen molar-refractivity contribution in [1.29, 1.82) is 0 Å². The molecule has 0 unspecified atom stereocenters. The van der Waals surface area contributed by atoms with Gasteiger partial charge in [0, 0.05) is 0 Å². The lowest BCUT2D eigenvalue weighted by Crippen LogP contribution is -2.11. The van der Waals surface area contributed by atoms with E-state index < -0.39 is 17.4 Å². The average molecular weight is 248 g/mol. The van der Waals surface area contributed by atoms with Crippen LogP contribution in [-0.4, -0.2) is 23.2 Å². The number of halogens is 1. The number of ether oxygens (including phenoxy) is 1. The zero-order valence-electron chi connectivity index (χ0n) is 6.63. The largest absolute Gasteiger partial charge is 0.494 e. The van der Waals surface area contributed by atoms with Gasteiger partial charge in [-0.3, -0.25) is 9.78 Å². The predicted octanol–water partition coefficient (Wildman–Crippen LogP) is 0.630. The van der Waals surface area contributed by atoms with Crippen molar-refractivity contribution in [1.82, 2.24) is 4.98 Å². The van der Waals surface area contributed by atoms with Gasteiger partial charge in [-0.15, -0.1) is 0 Å². The summed E-state index contributed by atoms with van der Waals surface area (Å²) in [5, 5.41) is 9.14. The number of aromatic nitrogens is 1. The van der Waals surface area contributed by atoms with Crippen molar-refractivity contribution in [2.75, 3.05) is 7.11 Å². The number of hydrogen-bond donors (Lipinski definition) is 2. The number of methoxy groups -OCH3 is 1. The van der Waals surface area contributed by atoms with Gasteiger partial charge in [-0.05, 0) is 22.0 Å². The second-order valence-electron chi connectivity index (χ2n) is 2.20. The number of H-pyrrole nitrogens is 1. The SMILES string of the molecule is COC(=O)c1cc(Br)c(=O)[nH]c1O. The standard InChI is InChI=1S/C7H6BrNO4/c1-13-7(12)3-2-4(8)6(11)9-5(3)10/h2H,1H3,(H2,9,10,11). The molecule has 0 fully saturated rings. The number of aromatic hydroxyl groups is 1. The highest BCUT2D eigenvalue weighted by Crippen LogP contribution is 2.15. The highest BCUT2D eigenvalue weighted by molar-refractivity contribution is 9.10. The second kappa shape index (κ2) is 3.61. The zero-order chi connectivity index (χ0) is 10.0. The fourth-order valence-electron chi connectivity index (χ4n) is 0.761. The molecule has 1 rings (SSSR count). The van der Waals surface area contributed by atoms with Gasteiger partial charge in [0.1, 0.15) is 5.56 Å². The quantitative estimate of drug-likeness (QED) is 0.714. The highest BCUT2D eigenvalue weighted by atomic mass is 79.9. The molecule has 0 atom stereocenters. The number of hydrogen-bond acceptors (Lipinski definition) is 4. The lowest BCUT2D eigenvalue weighted by molar-refractivity contribution is 0.0596. The summed E-state index contributed by atoms with van der Waals surface area (Å²) in [6.07, 6.45) is 0. The Kier molecular flexibility index (Phi) is 2.72. The van der Waals surface area contributed by atoms with Gasteiger partial charge in [-0.25, -0.2) is 4.79 Å². The number of pyridine rings is 1. The Labute approximate surface area is 81.5 Å². The van der Waals surface area contributed by atoms with Crippen LogP contribution in [0.15, 0.2) is 15.3 Å². The summed E-state index contributed by atoms with van der Waals surface area (Å²) >= 11 is 2.92. The Morgan fingerprint density at radius 2 is 2.31 bits per heavy atom. The molecule has 1 aromatic heterocycles. The monoisotopic (exact) mass is 247 g/mol. The molecule has 0 amide bonds. The molecule has 5 nitrogen and oxygen atoms in total. The van der Waals surface area contributed by atoms with E-state index >= 15 is 0 Å². The molecular weight excluding hydrogens is 242 g/mol. The van der Waals surface area contributed by atoms with Gasteiger partial charge in [0.05, 0.1) is 11.6 Å². The Morgan fingerprint density at radius 3 is 2.85 bits per heavy atom. The van der Waals surface area contributed by atoms with Crippen molar-refractivity contribution in [3.63, 3.8) is 0 Å². The van der Waals surface area contributed by atoms with Gasteiger partial charge in [0.2, 0.25) is 5.88 Å². The van der Waals surface area contributed by atoms with Crippen LogP contribution in [0.5, 0.6) is 5.88 Å². The molecule has 70 valence electrons. The van der Waals surface area contributed by atoms with Crippen molar-refractivity contribution in [2.45, 2.75) is 0 Å². The van der Waals surface area contributed by atoms with E-state index in [-0.39, 0.29) is 10.0 Å². The maximum atomic E-state index is 11.0. The summed E-state index contributed by atoms with van der Waals surface area (Å²) in [5.41, 5.74) is -0.598. The highest BCUT2D eigenvalue weighted by Gasteiger charge is 2.13. The smallest absolute Gasteiger partial charge is 0.343 e. The van der Waals surface area contributed by atoms with Crippen LogP contribution in [-0.2, 0) is 4.74 Å². The predicted molar refractivity (Wildman–Crippen MR) is 47.8 cm³/mol. The summed E-state index contributed by atoms with van der Waals surface area (Å²) in [7, 11) is 1.18. The van der Waals surface area contributed by atoms with E-state index in [0.29, 0.717) is 0 Å². The summed E-state index contributed by atoms with van der Waals surface area (Å²) in [5.74, 6) is -1.21. The third kappa shape index (κ3) is 1.89. The molecule has 6 heteroatoms. The summed E-state index contributed by atoms with van der Waals surface area (Å²) in [4.78, 5) is 23.9. The fourth-order valence-corrected chi connectivity index (χ4v) is 1.09. The van der Waals surface area contributed by atoms with Gasteiger partial charge in [-0.2, -0.15) is 0 Å². The molecule has 2 N–H and O–H groups in total. The minimum Gasteiger partial charge on any atom is -0.494 e. The number of rotatable bonds is 1. The molecular formula is C7H6BrNO4. The Morgan fingerprint density at radius 1 is 1.69 bits per heavy atom. The van der Waals surface area contributed by atoms with Crippen molar-refractivity contribution in [3.8, 4) is 5.88 Å². The summed E-state index contributed by atoms with van der Waals surface area (Å²) in [6.45, 7) is 0. The lowest BCUT2D eigenvalue weighted by Gasteiger charge is -2.01. The normalized spacial score (nSPS) is 9.69. The van der Waals surface area contributed by atoms with Gasteiger partial charge in [0.25, 0.3) is 5.56 Å². The van der Waals surface area contributed by atoms with E-state index in [0.717, 1.165) is 0 Å². The molecule has 0 aliphatic heterocycles. The number of carbonyl (C=O) groups is 1. The first-order chi connectivity index (χ1) is 6.06. The van der Waals surface area contributed by atoms with Crippen LogP contribution >= 0.6 is 15.9 Å². The minimum absolute atomic E-state index is 0.0889. The third-order valence-electron chi connectivity index (χ3n) is 1.38. The Balaban J connectivity index is 3.31.